The van der Waals surface area contributed by atoms with Crippen LogP contribution in [0.4, 0.5) is 0 Å². The van der Waals surface area contributed by atoms with Crippen LogP contribution in [0.5, 0.6) is 0 Å². The average molecular weight is 227 g/mol. The van der Waals surface area contributed by atoms with E-state index < -0.39 is 5.97 Å². The lowest BCUT2D eigenvalue weighted by molar-refractivity contribution is -0.144. The van der Waals surface area contributed by atoms with E-state index in [0.29, 0.717) is 17.9 Å². The lowest BCUT2D eigenvalue weighted by atomic mass is 9.75. The molecular formula is C13H25NO2. The molecule has 1 aliphatic rings. The standard InChI is InChI=1S/C13H25NO2/c1-5-11(12(15)16)14(4)10-6-8-13(2,3)9-7-10/h10-11H,5-9H2,1-4H3,(H,15,16). The van der Waals surface area contributed by atoms with Gasteiger partial charge in [-0.1, -0.05) is 20.8 Å². The molecule has 1 rings (SSSR count). The first-order valence-electron chi connectivity index (χ1n) is 6.32. The minimum atomic E-state index is -0.685. The molecule has 1 saturated carbocycles. The van der Waals surface area contributed by atoms with Crippen molar-refractivity contribution in [2.24, 2.45) is 5.41 Å². The van der Waals surface area contributed by atoms with E-state index in [-0.39, 0.29) is 6.04 Å². The zero-order valence-corrected chi connectivity index (χ0v) is 11.0. The highest BCUT2D eigenvalue weighted by atomic mass is 16.4. The van der Waals surface area contributed by atoms with Gasteiger partial charge in [-0.2, -0.15) is 0 Å². The van der Waals surface area contributed by atoms with Crippen molar-refractivity contribution in [3.63, 3.8) is 0 Å². The van der Waals surface area contributed by atoms with Crippen LogP contribution in [0.3, 0.4) is 0 Å². The number of aliphatic carboxylic acids is 1. The highest BCUT2D eigenvalue weighted by Gasteiger charge is 2.32. The van der Waals surface area contributed by atoms with Crippen LogP contribution < -0.4 is 0 Å². The van der Waals surface area contributed by atoms with E-state index in [4.69, 9.17) is 5.11 Å². The Kier molecular flexibility index (Phi) is 4.36. The molecule has 1 unspecified atom stereocenters. The molecule has 1 N–H and O–H groups in total. The van der Waals surface area contributed by atoms with Crippen molar-refractivity contribution in [3.05, 3.63) is 0 Å². The van der Waals surface area contributed by atoms with Crippen molar-refractivity contribution in [2.75, 3.05) is 7.05 Å². The van der Waals surface area contributed by atoms with Gasteiger partial charge in [0.15, 0.2) is 0 Å². The molecule has 1 aliphatic carbocycles. The molecule has 0 aromatic carbocycles. The van der Waals surface area contributed by atoms with Gasteiger partial charge in [-0.15, -0.1) is 0 Å². The normalized spacial score (nSPS) is 23.3. The number of hydrogen-bond donors (Lipinski definition) is 1. The van der Waals surface area contributed by atoms with Gasteiger partial charge in [0.1, 0.15) is 6.04 Å². The fraction of sp³-hybridized carbons (Fsp3) is 0.923. The minimum absolute atomic E-state index is 0.314. The number of nitrogens with zero attached hydrogens (tertiary/aromatic N) is 1. The molecule has 94 valence electrons. The van der Waals surface area contributed by atoms with Crippen LogP contribution in [0.2, 0.25) is 0 Å². The molecule has 3 nitrogen and oxygen atoms in total. The first-order valence-corrected chi connectivity index (χ1v) is 6.32. The summed E-state index contributed by atoms with van der Waals surface area (Å²) in [5.41, 5.74) is 0.447. The van der Waals surface area contributed by atoms with Crippen LogP contribution >= 0.6 is 0 Å². The summed E-state index contributed by atoms with van der Waals surface area (Å²) < 4.78 is 0. The maximum absolute atomic E-state index is 11.1. The van der Waals surface area contributed by atoms with E-state index in [0.717, 1.165) is 12.8 Å². The molecule has 1 atom stereocenters. The van der Waals surface area contributed by atoms with Crippen molar-refractivity contribution in [2.45, 2.75) is 65.0 Å². The monoisotopic (exact) mass is 227 g/mol. The summed E-state index contributed by atoms with van der Waals surface area (Å²) >= 11 is 0. The minimum Gasteiger partial charge on any atom is -0.480 e. The van der Waals surface area contributed by atoms with Crippen LogP contribution in [0, 0.1) is 5.41 Å². The molecular weight excluding hydrogens is 202 g/mol. The van der Waals surface area contributed by atoms with Crippen LogP contribution in [0.15, 0.2) is 0 Å². The maximum Gasteiger partial charge on any atom is 0.320 e. The largest absolute Gasteiger partial charge is 0.480 e. The molecule has 0 heterocycles. The van der Waals surface area contributed by atoms with Crippen LogP contribution in [0.1, 0.15) is 52.9 Å². The second-order valence-corrected chi connectivity index (χ2v) is 5.82. The Morgan fingerprint density at radius 3 is 2.31 bits per heavy atom. The fourth-order valence-electron chi connectivity index (χ4n) is 2.68. The summed E-state index contributed by atoms with van der Waals surface area (Å²) in [6.45, 7) is 6.55. The zero-order valence-electron chi connectivity index (χ0n) is 11.0. The Hall–Kier alpha value is -0.570. The van der Waals surface area contributed by atoms with Gasteiger partial charge in [-0.25, -0.2) is 0 Å². The Morgan fingerprint density at radius 1 is 1.44 bits per heavy atom. The van der Waals surface area contributed by atoms with Gasteiger partial charge >= 0.3 is 5.97 Å². The van der Waals surface area contributed by atoms with Gasteiger partial charge in [0, 0.05) is 6.04 Å². The number of carbonyl (C=O) groups is 1. The molecule has 16 heavy (non-hydrogen) atoms. The second kappa shape index (κ2) is 5.17. The molecule has 1 fully saturated rings. The number of rotatable bonds is 4. The van der Waals surface area contributed by atoms with Gasteiger partial charge in [-0.3, -0.25) is 9.69 Å². The molecule has 0 amide bonds. The topological polar surface area (TPSA) is 40.5 Å². The third-order valence-electron chi connectivity index (χ3n) is 4.05. The number of carboxylic acids is 1. The van der Waals surface area contributed by atoms with Crippen LogP contribution in [-0.2, 0) is 4.79 Å². The van der Waals surface area contributed by atoms with Crippen molar-refractivity contribution in [1.82, 2.24) is 4.90 Å². The Labute approximate surface area is 98.8 Å². The summed E-state index contributed by atoms with van der Waals surface area (Å²) in [6, 6.07) is 0.139. The van der Waals surface area contributed by atoms with Gasteiger partial charge in [0.2, 0.25) is 0 Å². The zero-order chi connectivity index (χ0) is 12.3. The second-order valence-electron chi connectivity index (χ2n) is 5.82. The molecule has 0 radical (unpaired) electrons. The highest BCUT2D eigenvalue weighted by molar-refractivity contribution is 5.73. The number of carboxylic acid groups (broad SMARTS) is 1. The van der Waals surface area contributed by atoms with Crippen molar-refractivity contribution < 1.29 is 9.90 Å². The molecule has 0 saturated heterocycles. The van der Waals surface area contributed by atoms with E-state index in [1.165, 1.54) is 12.8 Å². The first kappa shape index (κ1) is 13.5. The van der Waals surface area contributed by atoms with Gasteiger partial charge in [0.05, 0.1) is 0 Å². The van der Waals surface area contributed by atoms with Crippen molar-refractivity contribution in [3.8, 4) is 0 Å². The van der Waals surface area contributed by atoms with E-state index >= 15 is 0 Å². The van der Waals surface area contributed by atoms with E-state index in [1.807, 2.05) is 14.0 Å². The third kappa shape index (κ3) is 3.21. The SMILES string of the molecule is CCC(C(=O)O)N(C)C1CCC(C)(C)CC1. The van der Waals surface area contributed by atoms with E-state index in [1.54, 1.807) is 0 Å². The number of likely N-dealkylation sites (N-methyl/N-ethyl adjacent to an activating group) is 1. The lowest BCUT2D eigenvalue weighted by Crippen LogP contribution is -2.46. The van der Waals surface area contributed by atoms with Gasteiger partial charge in [-0.05, 0) is 44.6 Å². The summed E-state index contributed by atoms with van der Waals surface area (Å²) in [4.78, 5) is 13.2. The lowest BCUT2D eigenvalue weighted by Gasteiger charge is -2.40. The van der Waals surface area contributed by atoms with E-state index in [2.05, 4.69) is 18.7 Å². The van der Waals surface area contributed by atoms with Gasteiger partial charge in [0.25, 0.3) is 0 Å². The molecule has 0 aromatic heterocycles. The maximum atomic E-state index is 11.1. The summed E-state index contributed by atoms with van der Waals surface area (Å²) in [5.74, 6) is -0.685. The van der Waals surface area contributed by atoms with E-state index in [9.17, 15) is 4.79 Å². The Balaban J connectivity index is 2.55. The molecule has 3 heteroatoms. The molecule has 0 aliphatic heterocycles. The van der Waals surface area contributed by atoms with Crippen LogP contribution in [0.25, 0.3) is 0 Å². The van der Waals surface area contributed by atoms with Gasteiger partial charge < -0.3 is 5.11 Å². The fourth-order valence-corrected chi connectivity index (χ4v) is 2.68. The smallest absolute Gasteiger partial charge is 0.320 e. The van der Waals surface area contributed by atoms with Crippen molar-refractivity contribution >= 4 is 5.97 Å². The molecule has 0 bridgehead atoms. The van der Waals surface area contributed by atoms with Crippen molar-refractivity contribution in [1.29, 1.82) is 0 Å². The summed E-state index contributed by atoms with van der Waals surface area (Å²) in [7, 11) is 1.96. The number of hydrogen-bond acceptors (Lipinski definition) is 2. The quantitative estimate of drug-likeness (QED) is 0.803. The Morgan fingerprint density at radius 2 is 1.94 bits per heavy atom. The first-order chi connectivity index (χ1) is 7.37. The predicted octanol–water partition coefficient (Wildman–Crippen LogP) is 2.75. The molecule has 0 spiro atoms. The Bertz CT molecular complexity index is 240. The predicted molar refractivity (Wildman–Crippen MR) is 65.5 cm³/mol. The summed E-state index contributed by atoms with van der Waals surface area (Å²) in [5, 5.41) is 9.14. The van der Waals surface area contributed by atoms with Crippen LogP contribution in [-0.4, -0.2) is 35.1 Å². The summed E-state index contributed by atoms with van der Waals surface area (Å²) in [6.07, 6.45) is 5.36. The third-order valence-corrected chi connectivity index (χ3v) is 4.05. The highest BCUT2D eigenvalue weighted by Crippen LogP contribution is 2.37. The molecule has 0 aromatic rings. The average Bonchev–Trinajstić information content (AvgIpc) is 2.17.